The zero-order chi connectivity index (χ0) is 26.4. The molecule has 0 aliphatic carbocycles. The minimum atomic E-state index is -1.08. The van der Waals surface area contributed by atoms with E-state index in [0.717, 1.165) is 6.42 Å². The molecule has 0 amide bonds. The first-order valence-corrected chi connectivity index (χ1v) is 12.3. The summed E-state index contributed by atoms with van der Waals surface area (Å²) in [4.78, 5) is 47.8. The molecule has 0 saturated carbocycles. The predicted octanol–water partition coefficient (Wildman–Crippen LogP) is 4.05. The van der Waals surface area contributed by atoms with E-state index in [0.29, 0.717) is 24.8 Å². The van der Waals surface area contributed by atoms with Gasteiger partial charge in [0.05, 0.1) is 0 Å². The number of rotatable bonds is 16. The molecule has 0 aliphatic heterocycles. The Kier molecular flexibility index (Phi) is 13.6. The highest BCUT2D eigenvalue weighted by Crippen LogP contribution is 2.30. The van der Waals surface area contributed by atoms with Gasteiger partial charge in [-0.05, 0) is 49.8 Å². The molecule has 1 aromatic carbocycles. The molecule has 0 aromatic heterocycles. The van der Waals surface area contributed by atoms with Crippen LogP contribution in [0.25, 0.3) is 0 Å². The molecule has 2 unspecified atom stereocenters. The lowest BCUT2D eigenvalue weighted by Gasteiger charge is -2.20. The van der Waals surface area contributed by atoms with E-state index < -0.39 is 30.1 Å². The third kappa shape index (κ3) is 11.8. The molecule has 0 fully saturated rings. The van der Waals surface area contributed by atoms with E-state index >= 15 is 0 Å². The number of nitrogens with one attached hydrogen (secondary N) is 1. The van der Waals surface area contributed by atoms with Gasteiger partial charge in [-0.15, -0.1) is 0 Å². The number of hydrogen-bond donors (Lipinski definition) is 2. The minimum absolute atomic E-state index is 0.0712. The van der Waals surface area contributed by atoms with Crippen molar-refractivity contribution < 1.29 is 38.5 Å². The summed E-state index contributed by atoms with van der Waals surface area (Å²) in [5.41, 5.74) is 0.570. The van der Waals surface area contributed by atoms with Crippen molar-refractivity contribution in [3.63, 3.8) is 0 Å². The van der Waals surface area contributed by atoms with Crippen LogP contribution in [0.3, 0.4) is 0 Å². The fraction of sp³-hybridized carbons (Fsp3) is 0.615. The lowest BCUT2D eigenvalue weighted by molar-refractivity contribution is -0.149. The van der Waals surface area contributed by atoms with Crippen LogP contribution in [0, 0.1) is 5.92 Å². The van der Waals surface area contributed by atoms with E-state index in [4.69, 9.17) is 14.2 Å². The van der Waals surface area contributed by atoms with Gasteiger partial charge in [-0.1, -0.05) is 40.2 Å². The van der Waals surface area contributed by atoms with Crippen LogP contribution in [0.5, 0.6) is 11.5 Å². The maximum Gasteiger partial charge on any atom is 0.321 e. The van der Waals surface area contributed by atoms with Gasteiger partial charge in [0, 0.05) is 25.8 Å². The number of carbonyl (C=O) groups excluding carboxylic acids is 3. The quantitative estimate of drug-likeness (QED) is 0.259. The molecule has 0 heterocycles. The van der Waals surface area contributed by atoms with E-state index in [1.165, 1.54) is 12.1 Å². The van der Waals surface area contributed by atoms with Crippen LogP contribution in [-0.4, -0.2) is 47.7 Å². The van der Waals surface area contributed by atoms with Crippen molar-refractivity contribution in [3.05, 3.63) is 23.8 Å². The lowest BCUT2D eigenvalue weighted by Crippen LogP contribution is -2.42. The molecule has 3 atom stereocenters. The lowest BCUT2D eigenvalue weighted by atomic mass is 10.0. The minimum Gasteiger partial charge on any atom is -0.480 e. The molecule has 9 heteroatoms. The second-order valence-corrected chi connectivity index (χ2v) is 8.75. The Morgan fingerprint density at radius 2 is 1.51 bits per heavy atom. The Morgan fingerprint density at radius 1 is 0.914 bits per heavy atom. The van der Waals surface area contributed by atoms with Crippen LogP contribution >= 0.6 is 0 Å². The van der Waals surface area contributed by atoms with Crippen LogP contribution in [0.4, 0.5) is 0 Å². The topological polar surface area (TPSA) is 128 Å². The standard InChI is InChI=1S/C26H39NO8/c1-6-9-23(28)34-21-12-11-19(15-22(21)35-24(29)10-7-2)14-20(26(31)32)27-16-18(5)33-25(30)13-17(4)8-3/h11-12,15,17-18,20,27H,6-10,13-14,16H2,1-5H3,(H,31,32)/t17?,18?,20-/m0/s1. The Bertz CT molecular complexity index is 854. The molecule has 35 heavy (non-hydrogen) atoms. The summed E-state index contributed by atoms with van der Waals surface area (Å²) < 4.78 is 16.1. The highest BCUT2D eigenvalue weighted by atomic mass is 16.6. The van der Waals surface area contributed by atoms with Crippen molar-refractivity contribution in [1.29, 1.82) is 0 Å². The van der Waals surface area contributed by atoms with Gasteiger partial charge in [0.2, 0.25) is 0 Å². The van der Waals surface area contributed by atoms with Crippen molar-refractivity contribution in [2.45, 2.75) is 91.7 Å². The van der Waals surface area contributed by atoms with Gasteiger partial charge < -0.3 is 24.6 Å². The van der Waals surface area contributed by atoms with E-state index in [9.17, 15) is 24.3 Å². The smallest absolute Gasteiger partial charge is 0.321 e. The Balaban J connectivity index is 2.90. The number of esters is 3. The van der Waals surface area contributed by atoms with E-state index in [-0.39, 0.29) is 49.2 Å². The Morgan fingerprint density at radius 3 is 2.06 bits per heavy atom. The van der Waals surface area contributed by atoms with Gasteiger partial charge in [0.25, 0.3) is 0 Å². The van der Waals surface area contributed by atoms with Crippen molar-refractivity contribution in [2.24, 2.45) is 5.92 Å². The summed E-state index contributed by atoms with van der Waals surface area (Å²) in [6.45, 7) is 9.51. The fourth-order valence-electron chi connectivity index (χ4n) is 3.13. The van der Waals surface area contributed by atoms with Gasteiger partial charge >= 0.3 is 23.9 Å². The number of carbonyl (C=O) groups is 4. The zero-order valence-corrected chi connectivity index (χ0v) is 21.4. The number of ether oxygens (including phenoxy) is 3. The molecule has 0 spiro atoms. The first kappa shape index (κ1) is 30.1. The monoisotopic (exact) mass is 493 g/mol. The first-order chi connectivity index (χ1) is 16.6. The van der Waals surface area contributed by atoms with Crippen molar-refractivity contribution in [3.8, 4) is 11.5 Å². The molecule has 1 aromatic rings. The number of benzene rings is 1. The third-order valence-corrected chi connectivity index (χ3v) is 5.30. The summed E-state index contributed by atoms with van der Waals surface area (Å²) >= 11 is 0. The van der Waals surface area contributed by atoms with Gasteiger partial charge in [0.15, 0.2) is 11.5 Å². The summed E-state index contributed by atoms with van der Waals surface area (Å²) in [5, 5.41) is 12.6. The zero-order valence-electron chi connectivity index (χ0n) is 21.4. The molecule has 0 saturated heterocycles. The fourth-order valence-corrected chi connectivity index (χ4v) is 3.13. The molecular weight excluding hydrogens is 454 g/mol. The van der Waals surface area contributed by atoms with Crippen LogP contribution in [0.2, 0.25) is 0 Å². The second kappa shape index (κ2) is 15.9. The SMILES string of the molecule is CCCC(=O)Oc1ccc(C[C@H](NCC(C)OC(=O)CC(C)CC)C(=O)O)cc1OC(=O)CCC. The molecule has 0 aliphatic rings. The molecule has 0 bridgehead atoms. The predicted molar refractivity (Wildman–Crippen MR) is 130 cm³/mol. The maximum atomic E-state index is 12.1. The van der Waals surface area contributed by atoms with Gasteiger partial charge in [-0.25, -0.2) is 0 Å². The summed E-state index contributed by atoms with van der Waals surface area (Å²) in [5.74, 6) is -1.91. The average molecular weight is 494 g/mol. The first-order valence-electron chi connectivity index (χ1n) is 12.3. The van der Waals surface area contributed by atoms with Crippen molar-refractivity contribution in [1.82, 2.24) is 5.32 Å². The Labute approximate surface area is 207 Å². The number of carboxylic acid groups (broad SMARTS) is 1. The number of carboxylic acids is 1. The molecular formula is C26H39NO8. The largest absolute Gasteiger partial charge is 0.480 e. The molecule has 0 radical (unpaired) electrons. The third-order valence-electron chi connectivity index (χ3n) is 5.30. The van der Waals surface area contributed by atoms with Gasteiger partial charge in [-0.3, -0.25) is 19.2 Å². The second-order valence-electron chi connectivity index (χ2n) is 8.75. The molecule has 9 nitrogen and oxygen atoms in total. The van der Waals surface area contributed by atoms with E-state index in [1.54, 1.807) is 13.0 Å². The van der Waals surface area contributed by atoms with Crippen LogP contribution in [0.1, 0.15) is 78.7 Å². The van der Waals surface area contributed by atoms with Crippen molar-refractivity contribution in [2.75, 3.05) is 6.54 Å². The molecule has 1 rings (SSSR count). The molecule has 196 valence electrons. The van der Waals surface area contributed by atoms with Crippen LogP contribution in [0.15, 0.2) is 18.2 Å². The van der Waals surface area contributed by atoms with Gasteiger partial charge in [0.1, 0.15) is 12.1 Å². The average Bonchev–Trinajstić information content (AvgIpc) is 2.78. The highest BCUT2D eigenvalue weighted by molar-refractivity contribution is 5.77. The molecule has 2 N–H and O–H groups in total. The normalized spacial score (nSPS) is 13.4. The highest BCUT2D eigenvalue weighted by Gasteiger charge is 2.22. The van der Waals surface area contributed by atoms with Crippen LogP contribution in [-0.2, 0) is 30.3 Å². The van der Waals surface area contributed by atoms with E-state index in [2.05, 4.69) is 5.32 Å². The van der Waals surface area contributed by atoms with E-state index in [1.807, 2.05) is 27.7 Å². The Hall–Kier alpha value is -2.94. The summed E-state index contributed by atoms with van der Waals surface area (Å²) in [6, 6.07) is 3.66. The summed E-state index contributed by atoms with van der Waals surface area (Å²) in [7, 11) is 0. The summed E-state index contributed by atoms with van der Waals surface area (Å²) in [6.07, 6.45) is 2.37. The van der Waals surface area contributed by atoms with Crippen LogP contribution < -0.4 is 14.8 Å². The number of hydrogen-bond acceptors (Lipinski definition) is 8. The maximum absolute atomic E-state index is 12.1. The van der Waals surface area contributed by atoms with Gasteiger partial charge in [-0.2, -0.15) is 0 Å². The van der Waals surface area contributed by atoms with Crippen molar-refractivity contribution >= 4 is 23.9 Å². The number of aliphatic carboxylic acids is 1.